The maximum atomic E-state index is 2.24. The van der Waals surface area contributed by atoms with Crippen molar-refractivity contribution in [3.8, 4) is 0 Å². The Bertz CT molecular complexity index is 154. The lowest BCUT2D eigenvalue weighted by molar-refractivity contribution is 0.929. The fraction of sp³-hybridized carbons (Fsp3) is 0.467. The van der Waals surface area contributed by atoms with Gasteiger partial charge in [-0.15, -0.1) is 0 Å². The van der Waals surface area contributed by atoms with Crippen molar-refractivity contribution >= 4 is 0 Å². The topological polar surface area (TPSA) is 0 Å². The molecule has 0 nitrogen and oxygen atoms in total. The summed E-state index contributed by atoms with van der Waals surface area (Å²) in [5.41, 5.74) is 0. The van der Waals surface area contributed by atoms with Crippen molar-refractivity contribution in [2.45, 2.75) is 47.0 Å². The van der Waals surface area contributed by atoms with Crippen molar-refractivity contribution in [3.63, 3.8) is 0 Å². The van der Waals surface area contributed by atoms with Crippen LogP contribution >= 0.6 is 0 Å². The Morgan fingerprint density at radius 1 is 0.533 bits per heavy atom. The first kappa shape index (κ1) is 16.4. The van der Waals surface area contributed by atoms with E-state index >= 15 is 0 Å². The van der Waals surface area contributed by atoms with Crippen molar-refractivity contribution in [2.75, 3.05) is 0 Å². The molecule has 15 heavy (non-hydrogen) atoms. The second-order valence-electron chi connectivity index (χ2n) is 2.56. The summed E-state index contributed by atoms with van der Waals surface area (Å²) >= 11 is 0. The van der Waals surface area contributed by atoms with Crippen LogP contribution in [0.25, 0.3) is 0 Å². The largest absolute Gasteiger partial charge is 0.0885 e. The van der Waals surface area contributed by atoms with E-state index in [9.17, 15) is 0 Å². The second kappa shape index (κ2) is 18.7. The maximum Gasteiger partial charge on any atom is -0.0348 e. The maximum absolute atomic E-state index is 2.24. The summed E-state index contributed by atoms with van der Waals surface area (Å²) in [5.74, 6) is 0. The lowest BCUT2D eigenvalue weighted by atomic mass is 10.4. The molecule has 0 bridgehead atoms. The first-order valence-corrected chi connectivity index (χ1v) is 6.15. The monoisotopic (exact) mass is 206 g/mol. The fourth-order valence-corrected chi connectivity index (χ4v) is 0.974. The molecule has 0 saturated heterocycles. The standard InChI is InChI=1S/C6H6.C5H8.2C2H6/c1-2-4-6-5-3-1;1-2-4-5-3-1;2*1-2/h1-6H;1-2H,3-5H2;2*1-2H3. The van der Waals surface area contributed by atoms with Gasteiger partial charge >= 0.3 is 0 Å². The van der Waals surface area contributed by atoms with Gasteiger partial charge in [0.05, 0.1) is 0 Å². The predicted octanol–water partition coefficient (Wildman–Crippen LogP) is 5.47. The Morgan fingerprint density at radius 2 is 0.800 bits per heavy atom. The first-order valence-electron chi connectivity index (χ1n) is 6.15. The molecule has 0 spiro atoms. The lowest BCUT2D eigenvalue weighted by Crippen LogP contribution is -1.50. The molecule has 1 aliphatic carbocycles. The average Bonchev–Trinajstić information content (AvgIpc) is 2.95. The van der Waals surface area contributed by atoms with E-state index in [1.165, 1.54) is 19.3 Å². The van der Waals surface area contributed by atoms with E-state index in [1.807, 2.05) is 64.1 Å². The summed E-state index contributed by atoms with van der Waals surface area (Å²) in [6, 6.07) is 12.0. The smallest absolute Gasteiger partial charge is 0.0348 e. The van der Waals surface area contributed by atoms with E-state index in [-0.39, 0.29) is 0 Å². The zero-order chi connectivity index (χ0) is 11.8. The van der Waals surface area contributed by atoms with Crippen molar-refractivity contribution < 1.29 is 0 Å². The number of allylic oxidation sites excluding steroid dienone is 2. The molecule has 0 unspecified atom stereocenters. The molecule has 0 atom stereocenters. The van der Waals surface area contributed by atoms with Gasteiger partial charge in [0.1, 0.15) is 0 Å². The molecular formula is C15H26. The summed E-state index contributed by atoms with van der Waals surface area (Å²) in [5, 5.41) is 0. The third-order valence-corrected chi connectivity index (χ3v) is 1.57. The van der Waals surface area contributed by atoms with Crippen LogP contribution in [0.15, 0.2) is 48.6 Å². The van der Waals surface area contributed by atoms with Crippen LogP contribution < -0.4 is 0 Å². The molecule has 0 radical (unpaired) electrons. The van der Waals surface area contributed by atoms with Crippen LogP contribution in [0.3, 0.4) is 0 Å². The Hall–Kier alpha value is -1.04. The van der Waals surface area contributed by atoms with Gasteiger partial charge in [-0.2, -0.15) is 0 Å². The molecule has 0 amide bonds. The molecule has 0 saturated carbocycles. The molecule has 2 rings (SSSR count). The van der Waals surface area contributed by atoms with Crippen molar-refractivity contribution in [3.05, 3.63) is 48.6 Å². The van der Waals surface area contributed by atoms with Gasteiger partial charge in [0.25, 0.3) is 0 Å². The molecule has 1 aromatic carbocycles. The van der Waals surface area contributed by atoms with Gasteiger partial charge < -0.3 is 0 Å². The zero-order valence-electron chi connectivity index (χ0n) is 10.7. The van der Waals surface area contributed by atoms with Crippen LogP contribution in [-0.2, 0) is 0 Å². The molecule has 0 N–H and O–H groups in total. The van der Waals surface area contributed by atoms with Crippen LogP contribution in [0, 0.1) is 0 Å². The van der Waals surface area contributed by atoms with Crippen LogP contribution in [-0.4, -0.2) is 0 Å². The molecule has 0 heterocycles. The summed E-state index contributed by atoms with van der Waals surface area (Å²) < 4.78 is 0. The number of rotatable bonds is 0. The number of hydrogen-bond donors (Lipinski definition) is 0. The molecular weight excluding hydrogens is 180 g/mol. The normalized spacial score (nSPS) is 10.9. The van der Waals surface area contributed by atoms with E-state index in [4.69, 9.17) is 0 Å². The van der Waals surface area contributed by atoms with Crippen LogP contribution in [0.1, 0.15) is 47.0 Å². The van der Waals surface area contributed by atoms with E-state index in [1.54, 1.807) is 0 Å². The van der Waals surface area contributed by atoms with E-state index < -0.39 is 0 Å². The SMILES string of the molecule is C1=CCCC1.CC.CC.c1ccccc1. The Balaban J connectivity index is 0. The number of hydrogen-bond acceptors (Lipinski definition) is 0. The molecule has 0 fully saturated rings. The second-order valence-corrected chi connectivity index (χ2v) is 2.56. The zero-order valence-corrected chi connectivity index (χ0v) is 10.7. The van der Waals surface area contributed by atoms with E-state index in [0.29, 0.717) is 0 Å². The van der Waals surface area contributed by atoms with Crippen LogP contribution in [0.4, 0.5) is 0 Å². The van der Waals surface area contributed by atoms with Gasteiger partial charge in [-0.25, -0.2) is 0 Å². The van der Waals surface area contributed by atoms with Crippen molar-refractivity contribution in [1.29, 1.82) is 0 Å². The van der Waals surface area contributed by atoms with Crippen molar-refractivity contribution in [2.24, 2.45) is 0 Å². The van der Waals surface area contributed by atoms with Gasteiger partial charge in [-0.3, -0.25) is 0 Å². The Kier molecular flexibility index (Phi) is 20.4. The van der Waals surface area contributed by atoms with Crippen molar-refractivity contribution in [1.82, 2.24) is 0 Å². The molecule has 0 aromatic heterocycles. The molecule has 1 aliphatic rings. The van der Waals surface area contributed by atoms with Gasteiger partial charge in [-0.1, -0.05) is 76.2 Å². The highest BCUT2D eigenvalue weighted by atomic mass is 13.9. The Labute approximate surface area is 96.0 Å². The third kappa shape index (κ3) is 15.7. The van der Waals surface area contributed by atoms with Gasteiger partial charge in [-0.05, 0) is 19.3 Å². The van der Waals surface area contributed by atoms with Crippen LogP contribution in [0.5, 0.6) is 0 Å². The minimum absolute atomic E-state index is 1.32. The number of benzene rings is 1. The summed E-state index contributed by atoms with van der Waals surface area (Å²) in [4.78, 5) is 0. The van der Waals surface area contributed by atoms with Gasteiger partial charge in [0, 0.05) is 0 Å². The predicted molar refractivity (Wildman–Crippen MR) is 72.1 cm³/mol. The average molecular weight is 206 g/mol. The summed E-state index contributed by atoms with van der Waals surface area (Å²) in [7, 11) is 0. The van der Waals surface area contributed by atoms with Gasteiger partial charge in [0.15, 0.2) is 0 Å². The minimum atomic E-state index is 1.32. The molecule has 1 aromatic rings. The van der Waals surface area contributed by atoms with Crippen LogP contribution in [0.2, 0.25) is 0 Å². The quantitative estimate of drug-likeness (QED) is 0.494. The summed E-state index contributed by atoms with van der Waals surface area (Å²) in [6.07, 6.45) is 8.50. The summed E-state index contributed by atoms with van der Waals surface area (Å²) in [6.45, 7) is 8.00. The molecule has 0 heteroatoms. The highest BCUT2D eigenvalue weighted by molar-refractivity contribution is 4.99. The highest BCUT2D eigenvalue weighted by Crippen LogP contribution is 2.05. The Morgan fingerprint density at radius 3 is 0.933 bits per heavy atom. The fourth-order valence-electron chi connectivity index (χ4n) is 0.974. The third-order valence-electron chi connectivity index (χ3n) is 1.57. The minimum Gasteiger partial charge on any atom is -0.0885 e. The molecule has 0 aliphatic heterocycles. The van der Waals surface area contributed by atoms with Gasteiger partial charge in [0.2, 0.25) is 0 Å². The van der Waals surface area contributed by atoms with E-state index in [0.717, 1.165) is 0 Å². The first-order chi connectivity index (χ1) is 7.50. The lowest BCUT2D eigenvalue weighted by Gasteiger charge is -1.69. The molecule has 86 valence electrons. The van der Waals surface area contributed by atoms with E-state index in [2.05, 4.69) is 12.2 Å². The highest BCUT2D eigenvalue weighted by Gasteiger charge is 1.84.